The summed E-state index contributed by atoms with van der Waals surface area (Å²) in [6.45, 7) is 6.04. The van der Waals surface area contributed by atoms with Gasteiger partial charge >= 0.3 is 5.97 Å². The number of carbonyl (C=O) groups is 2. The molecule has 3 aromatic rings. The van der Waals surface area contributed by atoms with E-state index in [0.29, 0.717) is 31.8 Å². The summed E-state index contributed by atoms with van der Waals surface area (Å²) in [4.78, 5) is 28.5. The molecule has 3 aliphatic heterocycles. The molecule has 3 aliphatic rings. The second-order valence-electron chi connectivity index (χ2n) is 14.2. The minimum absolute atomic E-state index is 0.0194. The number of aliphatic carboxylic acids is 1. The average Bonchev–Trinajstić information content (AvgIpc) is 3.83. The molecule has 9 nitrogen and oxygen atoms in total. The van der Waals surface area contributed by atoms with Gasteiger partial charge in [0.05, 0.1) is 18.8 Å². The Labute approximate surface area is 296 Å². The molecule has 0 spiro atoms. The monoisotopic (exact) mass is 683 g/mol. The van der Waals surface area contributed by atoms with Crippen LogP contribution in [0.25, 0.3) is 11.1 Å². The van der Waals surface area contributed by atoms with Crippen LogP contribution >= 0.6 is 0 Å². The molecular weight excluding hydrogens is 630 g/mol. The van der Waals surface area contributed by atoms with Crippen molar-refractivity contribution in [1.29, 1.82) is 0 Å². The van der Waals surface area contributed by atoms with Crippen molar-refractivity contribution in [3.05, 3.63) is 95.1 Å². The Morgan fingerprint density at radius 2 is 1.54 bits per heavy atom. The van der Waals surface area contributed by atoms with Gasteiger partial charge in [-0.1, -0.05) is 79.2 Å². The van der Waals surface area contributed by atoms with Gasteiger partial charge in [-0.3, -0.25) is 14.5 Å². The van der Waals surface area contributed by atoms with E-state index in [-0.39, 0.29) is 31.1 Å². The van der Waals surface area contributed by atoms with E-state index in [0.717, 1.165) is 65.9 Å². The quantitative estimate of drug-likeness (QED) is 0.145. The van der Waals surface area contributed by atoms with Crippen molar-refractivity contribution in [2.45, 2.75) is 102 Å². The molecule has 3 saturated heterocycles. The first-order valence-corrected chi connectivity index (χ1v) is 18.6. The number of carbonyl (C=O) groups excluding carboxylic acids is 1. The van der Waals surface area contributed by atoms with Gasteiger partial charge in [0.2, 0.25) is 5.91 Å². The van der Waals surface area contributed by atoms with Gasteiger partial charge in [-0.2, -0.15) is 0 Å². The van der Waals surface area contributed by atoms with Crippen molar-refractivity contribution < 1.29 is 29.3 Å². The third kappa shape index (κ3) is 10.0. The van der Waals surface area contributed by atoms with Gasteiger partial charge in [-0.15, -0.1) is 0 Å². The lowest BCUT2D eigenvalue weighted by molar-refractivity contribution is -0.253. The fraction of sp³-hybridized carbons (Fsp3) is 0.512. The van der Waals surface area contributed by atoms with Crippen LogP contribution in [0, 0.1) is 0 Å². The molecular formula is C41H53N3O6. The Bertz CT molecular complexity index is 1520. The van der Waals surface area contributed by atoms with Crippen molar-refractivity contribution in [3.8, 4) is 11.1 Å². The lowest BCUT2D eigenvalue weighted by Gasteiger charge is -2.39. The maximum Gasteiger partial charge on any atom is 0.303 e. The SMILES string of the molecule is O=C(O)CCCCCC(=O)NCc1ccccc1-c1ccc([C@@H]2O[C@H](CN3CCC[C@H]3CN3CCCC3)C[C@H](c3ccc(CO)cc3)O2)cc1. The number of unbranched alkanes of at least 4 members (excludes halogenated alkanes) is 2. The highest BCUT2D eigenvalue weighted by atomic mass is 16.7. The average molecular weight is 684 g/mol. The van der Waals surface area contributed by atoms with Crippen LogP contribution in [-0.2, 0) is 32.2 Å². The van der Waals surface area contributed by atoms with Crippen LogP contribution in [0.4, 0.5) is 0 Å². The number of ether oxygens (including phenoxy) is 2. The summed E-state index contributed by atoms with van der Waals surface area (Å²) in [6.07, 6.45) is 7.83. The zero-order chi connectivity index (χ0) is 34.7. The van der Waals surface area contributed by atoms with Crippen LogP contribution in [0.2, 0.25) is 0 Å². The maximum absolute atomic E-state index is 12.5. The maximum atomic E-state index is 12.5. The number of amides is 1. The molecule has 0 unspecified atom stereocenters. The van der Waals surface area contributed by atoms with Gasteiger partial charge in [0.25, 0.3) is 0 Å². The summed E-state index contributed by atoms with van der Waals surface area (Å²) in [5.74, 6) is -0.821. The Morgan fingerprint density at radius 3 is 2.30 bits per heavy atom. The number of nitrogens with zero attached hydrogens (tertiary/aromatic N) is 2. The second kappa shape index (κ2) is 18.1. The Kier molecular flexibility index (Phi) is 13.1. The summed E-state index contributed by atoms with van der Waals surface area (Å²) >= 11 is 0. The first kappa shape index (κ1) is 36.2. The van der Waals surface area contributed by atoms with Crippen LogP contribution in [0.3, 0.4) is 0 Å². The van der Waals surface area contributed by atoms with Gasteiger partial charge in [0.1, 0.15) is 0 Å². The molecule has 3 fully saturated rings. The molecule has 0 aliphatic carbocycles. The van der Waals surface area contributed by atoms with E-state index < -0.39 is 12.3 Å². The molecule has 0 saturated carbocycles. The molecule has 0 radical (unpaired) electrons. The Morgan fingerprint density at radius 1 is 0.800 bits per heavy atom. The number of aliphatic hydroxyl groups excluding tert-OH is 1. The number of nitrogens with one attached hydrogen (secondary N) is 1. The number of hydrogen-bond donors (Lipinski definition) is 3. The predicted octanol–water partition coefficient (Wildman–Crippen LogP) is 6.60. The fourth-order valence-electron chi connectivity index (χ4n) is 7.70. The first-order chi connectivity index (χ1) is 24.4. The van der Waals surface area contributed by atoms with Crippen LogP contribution < -0.4 is 5.32 Å². The standard InChI is InChI=1S/C41H53N3O6/c45-29-30-14-16-32(17-15-30)38-25-36(28-44-24-8-10-35(44)27-43-22-6-7-23-43)49-41(50-38)33-20-18-31(19-21-33)37-11-5-4-9-34(37)26-42-39(46)12-2-1-3-13-40(47)48/h4-5,9,11,14-21,35-36,38,41,45H,1-3,6-8,10,12-13,22-29H2,(H,42,46)(H,47,48)/t35-,36-,38+,41+/m0/s1. The third-order valence-electron chi connectivity index (χ3n) is 10.5. The number of likely N-dealkylation sites (tertiary alicyclic amines) is 2. The van der Waals surface area contributed by atoms with Crippen molar-refractivity contribution in [3.63, 3.8) is 0 Å². The van der Waals surface area contributed by atoms with Gasteiger partial charge in [-0.25, -0.2) is 0 Å². The van der Waals surface area contributed by atoms with Crippen LogP contribution in [-0.4, -0.2) is 76.8 Å². The Balaban J connectivity index is 1.12. The topological polar surface area (TPSA) is 112 Å². The number of carboxylic acid groups (broad SMARTS) is 1. The highest BCUT2D eigenvalue weighted by Crippen LogP contribution is 2.39. The molecule has 50 heavy (non-hydrogen) atoms. The normalized spacial score (nSPS) is 22.9. The summed E-state index contributed by atoms with van der Waals surface area (Å²) in [5.41, 5.74) is 6.11. The van der Waals surface area contributed by atoms with Crippen molar-refractivity contribution in [2.75, 3.05) is 32.7 Å². The second-order valence-corrected chi connectivity index (χ2v) is 14.2. The largest absolute Gasteiger partial charge is 0.481 e. The fourth-order valence-corrected chi connectivity index (χ4v) is 7.70. The molecule has 268 valence electrons. The molecule has 1 amide bonds. The number of carboxylic acids is 1. The number of hydrogen-bond acceptors (Lipinski definition) is 7. The number of aliphatic hydroxyl groups is 1. The molecule has 4 atom stereocenters. The molecule has 3 N–H and O–H groups in total. The molecule has 3 aromatic carbocycles. The summed E-state index contributed by atoms with van der Waals surface area (Å²) in [7, 11) is 0. The van der Waals surface area contributed by atoms with E-state index in [1.54, 1.807) is 0 Å². The summed E-state index contributed by atoms with van der Waals surface area (Å²) in [5, 5.41) is 21.4. The minimum Gasteiger partial charge on any atom is -0.481 e. The summed E-state index contributed by atoms with van der Waals surface area (Å²) in [6, 6.07) is 25.2. The lowest BCUT2D eigenvalue weighted by atomic mass is 9.97. The van der Waals surface area contributed by atoms with Crippen molar-refractivity contribution >= 4 is 11.9 Å². The van der Waals surface area contributed by atoms with E-state index >= 15 is 0 Å². The highest BCUT2D eigenvalue weighted by Gasteiger charge is 2.36. The van der Waals surface area contributed by atoms with Gasteiger partial charge < -0.3 is 29.9 Å². The molecule has 0 aromatic heterocycles. The highest BCUT2D eigenvalue weighted by molar-refractivity contribution is 5.76. The Hall–Kier alpha value is -3.60. The number of rotatable bonds is 16. The van der Waals surface area contributed by atoms with Crippen LogP contribution in [0.5, 0.6) is 0 Å². The smallest absolute Gasteiger partial charge is 0.303 e. The van der Waals surface area contributed by atoms with Gasteiger partial charge in [0.15, 0.2) is 6.29 Å². The first-order valence-electron chi connectivity index (χ1n) is 18.6. The van der Waals surface area contributed by atoms with Crippen molar-refractivity contribution in [1.82, 2.24) is 15.1 Å². The molecule has 0 bridgehead atoms. The van der Waals surface area contributed by atoms with Crippen molar-refractivity contribution in [2.24, 2.45) is 0 Å². The molecule has 6 rings (SSSR count). The van der Waals surface area contributed by atoms with E-state index in [9.17, 15) is 14.7 Å². The zero-order valence-electron chi connectivity index (χ0n) is 29.2. The summed E-state index contributed by atoms with van der Waals surface area (Å²) < 4.78 is 13.4. The van der Waals surface area contributed by atoms with Gasteiger partial charge in [-0.05, 0) is 86.0 Å². The lowest BCUT2D eigenvalue weighted by Crippen LogP contribution is -2.45. The third-order valence-corrected chi connectivity index (χ3v) is 10.5. The van der Waals surface area contributed by atoms with E-state index in [1.807, 2.05) is 30.3 Å². The molecule has 3 heterocycles. The van der Waals surface area contributed by atoms with Crippen LogP contribution in [0.1, 0.15) is 98.9 Å². The molecule has 9 heteroatoms. The van der Waals surface area contributed by atoms with Gasteiger partial charge in [0, 0.05) is 50.5 Å². The predicted molar refractivity (Wildman–Crippen MR) is 193 cm³/mol. The zero-order valence-corrected chi connectivity index (χ0v) is 29.2. The van der Waals surface area contributed by atoms with Crippen LogP contribution in [0.15, 0.2) is 72.8 Å². The van der Waals surface area contributed by atoms with E-state index in [2.05, 4.69) is 57.6 Å². The minimum atomic E-state index is -0.796. The van der Waals surface area contributed by atoms with E-state index in [4.69, 9.17) is 14.6 Å². The van der Waals surface area contributed by atoms with E-state index in [1.165, 1.54) is 38.8 Å². The number of benzene rings is 3.